The van der Waals surface area contributed by atoms with Gasteiger partial charge >= 0.3 is 5.97 Å². The molecule has 7 heteroatoms. The van der Waals surface area contributed by atoms with Crippen LogP contribution in [-0.2, 0) is 9.59 Å². The summed E-state index contributed by atoms with van der Waals surface area (Å²) in [6.45, 7) is 3.66. The Kier molecular flexibility index (Phi) is 5.79. The van der Waals surface area contributed by atoms with E-state index in [0.29, 0.717) is 22.7 Å². The maximum absolute atomic E-state index is 12.9. The fraction of sp³-hybridized carbons (Fsp3) is 0.0800. The summed E-state index contributed by atoms with van der Waals surface area (Å²) in [6.07, 6.45) is 0. The SMILES string of the molecule is Cc1ccccc1OC(=O)c1ccc(NC2=C(Cl)C(=O)N(c3ccccc3C)C2=O)cc1. The molecule has 4 rings (SSSR count). The number of nitrogens with zero attached hydrogens (tertiary/aromatic N) is 1. The normalized spacial score (nSPS) is 13.5. The smallest absolute Gasteiger partial charge is 0.343 e. The minimum atomic E-state index is -0.591. The average Bonchev–Trinajstić information content (AvgIpc) is 2.99. The van der Waals surface area contributed by atoms with E-state index in [-0.39, 0.29) is 10.7 Å². The Labute approximate surface area is 190 Å². The highest BCUT2D eigenvalue weighted by molar-refractivity contribution is 6.53. The summed E-state index contributed by atoms with van der Waals surface area (Å²) in [6, 6.07) is 20.7. The maximum atomic E-state index is 12.9. The molecule has 3 aromatic carbocycles. The summed E-state index contributed by atoms with van der Waals surface area (Å²) in [4.78, 5) is 39.0. The number of aryl methyl sites for hydroxylation is 2. The van der Waals surface area contributed by atoms with Gasteiger partial charge in [0.05, 0.1) is 11.3 Å². The first-order chi connectivity index (χ1) is 15.4. The van der Waals surface area contributed by atoms with E-state index < -0.39 is 17.8 Å². The molecule has 0 unspecified atom stereocenters. The predicted octanol–water partition coefficient (Wildman–Crippen LogP) is 4.96. The third-order valence-electron chi connectivity index (χ3n) is 5.07. The first kappa shape index (κ1) is 21.3. The van der Waals surface area contributed by atoms with Gasteiger partial charge < -0.3 is 10.1 Å². The summed E-state index contributed by atoms with van der Waals surface area (Å²) < 4.78 is 5.43. The van der Waals surface area contributed by atoms with E-state index in [1.54, 1.807) is 48.5 Å². The van der Waals surface area contributed by atoms with Crippen molar-refractivity contribution in [1.29, 1.82) is 0 Å². The molecule has 0 saturated heterocycles. The molecule has 0 bridgehead atoms. The van der Waals surface area contributed by atoms with Crippen LogP contribution in [0.5, 0.6) is 5.75 Å². The summed E-state index contributed by atoms with van der Waals surface area (Å²) in [7, 11) is 0. The number of para-hydroxylation sites is 2. The van der Waals surface area contributed by atoms with Gasteiger partial charge in [0.1, 0.15) is 16.5 Å². The van der Waals surface area contributed by atoms with Crippen molar-refractivity contribution in [3.05, 3.63) is 100 Å². The molecular weight excluding hydrogens is 428 g/mol. The van der Waals surface area contributed by atoms with Gasteiger partial charge in [-0.05, 0) is 61.4 Å². The lowest BCUT2D eigenvalue weighted by molar-refractivity contribution is -0.120. The molecule has 1 aliphatic rings. The number of esters is 1. The Bertz CT molecular complexity index is 1260. The van der Waals surface area contributed by atoms with Gasteiger partial charge in [-0.15, -0.1) is 0 Å². The summed E-state index contributed by atoms with van der Waals surface area (Å²) in [5, 5.41) is 2.71. The molecule has 0 saturated carbocycles. The second-order valence-corrected chi connectivity index (χ2v) is 7.66. The minimum absolute atomic E-state index is 0.0184. The molecule has 3 aromatic rings. The van der Waals surface area contributed by atoms with E-state index in [4.69, 9.17) is 16.3 Å². The van der Waals surface area contributed by atoms with Crippen molar-refractivity contribution in [3.8, 4) is 5.75 Å². The van der Waals surface area contributed by atoms with Gasteiger partial charge in [0, 0.05) is 5.69 Å². The van der Waals surface area contributed by atoms with Crippen LogP contribution in [0.15, 0.2) is 83.5 Å². The van der Waals surface area contributed by atoms with Crippen LogP contribution in [0.4, 0.5) is 11.4 Å². The number of rotatable bonds is 5. The molecule has 1 heterocycles. The first-order valence-corrected chi connectivity index (χ1v) is 10.2. The van der Waals surface area contributed by atoms with Gasteiger partial charge in [0.2, 0.25) is 0 Å². The van der Waals surface area contributed by atoms with Gasteiger partial charge in [-0.2, -0.15) is 0 Å². The van der Waals surface area contributed by atoms with E-state index in [9.17, 15) is 14.4 Å². The highest BCUT2D eigenvalue weighted by atomic mass is 35.5. The third kappa shape index (κ3) is 4.00. The molecular formula is C25H19ClN2O4. The fourth-order valence-corrected chi connectivity index (χ4v) is 3.52. The zero-order valence-corrected chi connectivity index (χ0v) is 18.1. The van der Waals surface area contributed by atoms with Crippen molar-refractivity contribution in [1.82, 2.24) is 0 Å². The number of hydrogen-bond acceptors (Lipinski definition) is 5. The van der Waals surface area contributed by atoms with Gasteiger partial charge in [-0.25, -0.2) is 9.69 Å². The number of ether oxygens (including phenoxy) is 1. The van der Waals surface area contributed by atoms with Gasteiger partial charge in [-0.3, -0.25) is 9.59 Å². The van der Waals surface area contributed by atoms with E-state index >= 15 is 0 Å². The van der Waals surface area contributed by atoms with Crippen LogP contribution < -0.4 is 15.0 Å². The number of nitrogens with one attached hydrogen (secondary N) is 1. The Morgan fingerprint density at radius 1 is 0.844 bits per heavy atom. The van der Waals surface area contributed by atoms with Crippen molar-refractivity contribution in [2.45, 2.75) is 13.8 Å². The number of carbonyl (C=O) groups is 3. The standard InChI is InChI=1S/C25H19ClN2O4/c1-15-7-3-5-9-19(15)28-23(29)21(26)22(24(28)30)27-18-13-11-17(12-14-18)25(31)32-20-10-6-4-8-16(20)2/h3-14,27H,1-2H3. The zero-order valence-electron chi connectivity index (χ0n) is 17.4. The third-order valence-corrected chi connectivity index (χ3v) is 5.42. The lowest BCUT2D eigenvalue weighted by atomic mass is 10.2. The van der Waals surface area contributed by atoms with Crippen molar-refractivity contribution in [3.63, 3.8) is 0 Å². The van der Waals surface area contributed by atoms with E-state index in [1.807, 2.05) is 38.1 Å². The van der Waals surface area contributed by atoms with Crippen LogP contribution in [0.2, 0.25) is 0 Å². The first-order valence-electron chi connectivity index (χ1n) is 9.86. The van der Waals surface area contributed by atoms with Crippen molar-refractivity contribution >= 4 is 40.8 Å². The lowest BCUT2D eigenvalue weighted by Crippen LogP contribution is -2.32. The second-order valence-electron chi connectivity index (χ2n) is 7.28. The fourth-order valence-electron chi connectivity index (χ4n) is 3.31. The maximum Gasteiger partial charge on any atom is 0.343 e. The lowest BCUT2D eigenvalue weighted by Gasteiger charge is -2.17. The Morgan fingerprint density at radius 2 is 1.47 bits per heavy atom. The molecule has 6 nitrogen and oxygen atoms in total. The summed E-state index contributed by atoms with van der Waals surface area (Å²) >= 11 is 6.19. The van der Waals surface area contributed by atoms with Crippen molar-refractivity contribution < 1.29 is 19.1 Å². The van der Waals surface area contributed by atoms with Crippen LogP contribution in [0.3, 0.4) is 0 Å². The monoisotopic (exact) mass is 446 g/mol. The van der Waals surface area contributed by atoms with E-state index in [1.165, 1.54) is 0 Å². The molecule has 0 spiro atoms. The molecule has 2 amide bonds. The molecule has 0 aromatic heterocycles. The Hall–Kier alpha value is -3.90. The van der Waals surface area contributed by atoms with Gasteiger partial charge in [0.15, 0.2) is 0 Å². The number of amides is 2. The van der Waals surface area contributed by atoms with Crippen LogP contribution in [0.25, 0.3) is 0 Å². The number of carbonyl (C=O) groups excluding carboxylic acids is 3. The highest BCUT2D eigenvalue weighted by Crippen LogP contribution is 2.31. The minimum Gasteiger partial charge on any atom is -0.423 e. The zero-order chi connectivity index (χ0) is 22.8. The van der Waals surface area contributed by atoms with Crippen LogP contribution in [0, 0.1) is 13.8 Å². The van der Waals surface area contributed by atoms with Gasteiger partial charge in [0.25, 0.3) is 11.8 Å². The number of hydrogen-bond donors (Lipinski definition) is 1. The molecule has 160 valence electrons. The van der Waals surface area contributed by atoms with E-state index in [0.717, 1.165) is 16.0 Å². The van der Waals surface area contributed by atoms with Crippen LogP contribution in [-0.4, -0.2) is 17.8 Å². The predicted molar refractivity (Wildman–Crippen MR) is 123 cm³/mol. The van der Waals surface area contributed by atoms with Crippen LogP contribution >= 0.6 is 11.6 Å². The number of benzene rings is 3. The second kappa shape index (κ2) is 8.69. The number of anilines is 2. The molecule has 1 aliphatic heterocycles. The van der Waals surface area contributed by atoms with Crippen molar-refractivity contribution in [2.75, 3.05) is 10.2 Å². The molecule has 0 fully saturated rings. The van der Waals surface area contributed by atoms with Gasteiger partial charge in [-0.1, -0.05) is 48.0 Å². The molecule has 32 heavy (non-hydrogen) atoms. The molecule has 1 N–H and O–H groups in total. The Morgan fingerprint density at radius 3 is 2.12 bits per heavy atom. The molecule has 0 atom stereocenters. The molecule has 0 radical (unpaired) electrons. The summed E-state index contributed by atoms with van der Waals surface area (Å²) in [5.41, 5.74) is 2.93. The highest BCUT2D eigenvalue weighted by Gasteiger charge is 2.39. The number of halogens is 1. The average molecular weight is 447 g/mol. The summed E-state index contributed by atoms with van der Waals surface area (Å²) in [5.74, 6) is -1.15. The molecule has 0 aliphatic carbocycles. The largest absolute Gasteiger partial charge is 0.423 e. The van der Waals surface area contributed by atoms with Crippen molar-refractivity contribution in [2.24, 2.45) is 0 Å². The topological polar surface area (TPSA) is 75.7 Å². The quantitative estimate of drug-likeness (QED) is 0.340. The van der Waals surface area contributed by atoms with Crippen LogP contribution in [0.1, 0.15) is 21.5 Å². The Balaban J connectivity index is 1.50. The van der Waals surface area contributed by atoms with E-state index in [2.05, 4.69) is 5.32 Å². The number of imide groups is 1.